The molecule has 0 heterocycles. The van der Waals surface area contributed by atoms with Crippen molar-refractivity contribution in [1.29, 1.82) is 0 Å². The van der Waals surface area contributed by atoms with Crippen LogP contribution >= 0.6 is 0 Å². The zero-order valence-corrected chi connectivity index (χ0v) is 8.93. The summed E-state index contributed by atoms with van der Waals surface area (Å²) in [6, 6.07) is 0. The number of hydrogen-bond donors (Lipinski definition) is 1. The van der Waals surface area contributed by atoms with E-state index < -0.39 is 0 Å². The molecule has 13 heavy (non-hydrogen) atoms. The summed E-state index contributed by atoms with van der Waals surface area (Å²) >= 11 is 0. The molecule has 0 aromatic carbocycles. The maximum Gasteiger partial charge on any atom is 0.127 e. The van der Waals surface area contributed by atoms with Crippen molar-refractivity contribution < 1.29 is 0 Å². The second-order valence-electron chi connectivity index (χ2n) is 2.90. The van der Waals surface area contributed by atoms with Crippen molar-refractivity contribution in [2.75, 3.05) is 6.54 Å². The SMILES string of the molecule is C=CNC(=NCCCC)/C(C)=C\C. The number of allylic oxidation sites excluding steroid dienone is 1. The van der Waals surface area contributed by atoms with Crippen molar-refractivity contribution in [2.24, 2.45) is 4.99 Å². The van der Waals surface area contributed by atoms with E-state index in [1.165, 1.54) is 6.42 Å². The minimum absolute atomic E-state index is 0.887. The van der Waals surface area contributed by atoms with E-state index in [9.17, 15) is 0 Å². The van der Waals surface area contributed by atoms with Crippen LogP contribution < -0.4 is 5.32 Å². The second-order valence-corrected chi connectivity index (χ2v) is 2.90. The van der Waals surface area contributed by atoms with Gasteiger partial charge in [0.05, 0.1) is 0 Å². The Morgan fingerprint density at radius 3 is 2.69 bits per heavy atom. The molecule has 0 aromatic rings. The molecule has 0 aliphatic rings. The van der Waals surface area contributed by atoms with Crippen molar-refractivity contribution in [2.45, 2.75) is 33.6 Å². The summed E-state index contributed by atoms with van der Waals surface area (Å²) < 4.78 is 0. The van der Waals surface area contributed by atoms with Crippen LogP contribution in [0, 0.1) is 0 Å². The van der Waals surface area contributed by atoms with Gasteiger partial charge in [-0.2, -0.15) is 0 Å². The van der Waals surface area contributed by atoms with Gasteiger partial charge in [0, 0.05) is 6.54 Å². The van der Waals surface area contributed by atoms with E-state index in [0.29, 0.717) is 0 Å². The zero-order chi connectivity index (χ0) is 10.1. The average Bonchev–Trinajstić information content (AvgIpc) is 2.16. The van der Waals surface area contributed by atoms with E-state index >= 15 is 0 Å². The molecule has 2 heteroatoms. The van der Waals surface area contributed by atoms with Gasteiger partial charge in [-0.25, -0.2) is 0 Å². The lowest BCUT2D eigenvalue weighted by atomic mass is 10.2. The molecule has 0 unspecified atom stereocenters. The summed E-state index contributed by atoms with van der Waals surface area (Å²) in [6.07, 6.45) is 6.03. The first-order chi connectivity index (χ1) is 6.26. The van der Waals surface area contributed by atoms with Gasteiger partial charge in [-0.3, -0.25) is 4.99 Å². The third-order valence-corrected chi connectivity index (χ3v) is 1.83. The highest BCUT2D eigenvalue weighted by Crippen LogP contribution is 1.96. The molecule has 0 bridgehead atoms. The lowest BCUT2D eigenvalue weighted by Gasteiger charge is -2.05. The van der Waals surface area contributed by atoms with Gasteiger partial charge in [0.2, 0.25) is 0 Å². The van der Waals surface area contributed by atoms with E-state index in [1.807, 2.05) is 19.9 Å². The Balaban J connectivity index is 4.22. The highest BCUT2D eigenvalue weighted by molar-refractivity contribution is 5.98. The number of amidine groups is 1. The largest absolute Gasteiger partial charge is 0.347 e. The summed E-state index contributed by atoms with van der Waals surface area (Å²) in [5.41, 5.74) is 1.16. The van der Waals surface area contributed by atoms with E-state index in [0.717, 1.165) is 24.4 Å². The van der Waals surface area contributed by atoms with Crippen molar-refractivity contribution in [1.82, 2.24) is 5.32 Å². The minimum atomic E-state index is 0.887. The Bertz CT molecular complexity index is 202. The summed E-state index contributed by atoms with van der Waals surface area (Å²) in [5, 5.41) is 3.04. The Hall–Kier alpha value is -1.05. The Kier molecular flexibility index (Phi) is 6.98. The highest BCUT2D eigenvalue weighted by atomic mass is 15.0. The molecule has 0 aromatic heterocycles. The first-order valence-electron chi connectivity index (χ1n) is 4.81. The van der Waals surface area contributed by atoms with Crippen LogP contribution in [-0.4, -0.2) is 12.4 Å². The topological polar surface area (TPSA) is 24.4 Å². The van der Waals surface area contributed by atoms with Gasteiger partial charge in [0.15, 0.2) is 0 Å². The van der Waals surface area contributed by atoms with Crippen molar-refractivity contribution >= 4 is 5.84 Å². The number of aliphatic imine (C=N–C) groups is 1. The summed E-state index contributed by atoms with van der Waals surface area (Å²) in [5.74, 6) is 0.936. The van der Waals surface area contributed by atoms with Crippen molar-refractivity contribution in [3.63, 3.8) is 0 Å². The molecule has 0 aliphatic carbocycles. The van der Waals surface area contributed by atoms with Crippen LogP contribution in [-0.2, 0) is 0 Å². The fraction of sp³-hybridized carbons (Fsp3) is 0.545. The molecule has 0 radical (unpaired) electrons. The zero-order valence-electron chi connectivity index (χ0n) is 8.93. The molecule has 0 fully saturated rings. The lowest BCUT2D eigenvalue weighted by Crippen LogP contribution is -2.18. The van der Waals surface area contributed by atoms with E-state index in [2.05, 4.69) is 23.8 Å². The minimum Gasteiger partial charge on any atom is -0.347 e. The number of nitrogens with zero attached hydrogens (tertiary/aromatic N) is 1. The van der Waals surface area contributed by atoms with E-state index in [-0.39, 0.29) is 0 Å². The Morgan fingerprint density at radius 2 is 2.23 bits per heavy atom. The molecule has 74 valence electrons. The maximum absolute atomic E-state index is 4.44. The quantitative estimate of drug-likeness (QED) is 0.392. The molecule has 0 rings (SSSR count). The number of nitrogens with one attached hydrogen (secondary N) is 1. The maximum atomic E-state index is 4.44. The van der Waals surface area contributed by atoms with E-state index in [4.69, 9.17) is 0 Å². The van der Waals surface area contributed by atoms with Gasteiger partial charge in [0.1, 0.15) is 5.84 Å². The van der Waals surface area contributed by atoms with Crippen LogP contribution in [0.25, 0.3) is 0 Å². The van der Waals surface area contributed by atoms with Crippen LogP contribution in [0.15, 0.2) is 29.4 Å². The lowest BCUT2D eigenvalue weighted by molar-refractivity contribution is 0.805. The molecular weight excluding hydrogens is 160 g/mol. The van der Waals surface area contributed by atoms with Crippen LogP contribution in [0.3, 0.4) is 0 Å². The normalized spacial score (nSPS) is 12.8. The Morgan fingerprint density at radius 1 is 1.54 bits per heavy atom. The van der Waals surface area contributed by atoms with Crippen LogP contribution in [0.4, 0.5) is 0 Å². The molecule has 2 nitrogen and oxygen atoms in total. The molecule has 0 amide bonds. The predicted octanol–water partition coefficient (Wildman–Crippen LogP) is 2.88. The van der Waals surface area contributed by atoms with E-state index in [1.54, 1.807) is 6.20 Å². The monoisotopic (exact) mass is 180 g/mol. The molecule has 0 aliphatic heterocycles. The standard InChI is InChI=1S/C11H20N2/c1-5-8-9-13-11(12-7-3)10(4)6-2/h6-7H,3,5,8-9H2,1-2,4H3,(H,12,13)/b10-6-. The molecule has 0 saturated heterocycles. The van der Waals surface area contributed by atoms with Gasteiger partial charge in [0.25, 0.3) is 0 Å². The predicted molar refractivity (Wildman–Crippen MR) is 60.0 cm³/mol. The van der Waals surface area contributed by atoms with Gasteiger partial charge in [-0.15, -0.1) is 0 Å². The number of rotatable bonds is 5. The fourth-order valence-corrected chi connectivity index (χ4v) is 0.867. The van der Waals surface area contributed by atoms with Gasteiger partial charge >= 0.3 is 0 Å². The average molecular weight is 180 g/mol. The molecule has 0 saturated carbocycles. The van der Waals surface area contributed by atoms with Crippen LogP contribution in [0.1, 0.15) is 33.6 Å². The van der Waals surface area contributed by atoms with Gasteiger partial charge < -0.3 is 5.32 Å². The van der Waals surface area contributed by atoms with Crippen molar-refractivity contribution in [3.05, 3.63) is 24.4 Å². The third-order valence-electron chi connectivity index (χ3n) is 1.83. The first kappa shape index (κ1) is 11.9. The summed E-state index contributed by atoms with van der Waals surface area (Å²) in [6.45, 7) is 10.7. The number of unbranched alkanes of at least 4 members (excludes halogenated alkanes) is 1. The molecule has 0 atom stereocenters. The Labute approximate surface area is 81.5 Å². The highest BCUT2D eigenvalue weighted by Gasteiger charge is 1.96. The van der Waals surface area contributed by atoms with Crippen LogP contribution in [0.2, 0.25) is 0 Å². The second kappa shape index (κ2) is 7.59. The summed E-state index contributed by atoms with van der Waals surface area (Å²) in [7, 11) is 0. The van der Waals surface area contributed by atoms with Gasteiger partial charge in [-0.05, 0) is 32.0 Å². The third kappa shape index (κ3) is 5.23. The van der Waals surface area contributed by atoms with Gasteiger partial charge in [-0.1, -0.05) is 26.0 Å². The number of hydrogen-bond acceptors (Lipinski definition) is 1. The molecule has 1 N–H and O–H groups in total. The van der Waals surface area contributed by atoms with Crippen molar-refractivity contribution in [3.8, 4) is 0 Å². The first-order valence-corrected chi connectivity index (χ1v) is 4.81. The smallest absolute Gasteiger partial charge is 0.127 e. The molecular formula is C11H20N2. The summed E-state index contributed by atoms with van der Waals surface area (Å²) in [4.78, 5) is 4.44. The fourth-order valence-electron chi connectivity index (χ4n) is 0.867. The molecule has 0 spiro atoms. The van der Waals surface area contributed by atoms with Crippen LogP contribution in [0.5, 0.6) is 0 Å².